The Morgan fingerprint density at radius 1 is 1.11 bits per heavy atom. The lowest BCUT2D eigenvalue weighted by Crippen LogP contribution is -2.18. The Kier molecular flexibility index (Phi) is 5.91. The fourth-order valence-corrected chi connectivity index (χ4v) is 3.78. The molecule has 2 amide bonds. The van der Waals surface area contributed by atoms with Gasteiger partial charge in [0, 0.05) is 49.0 Å². The summed E-state index contributed by atoms with van der Waals surface area (Å²) in [5, 5.41) is 5.93. The Bertz CT molecular complexity index is 1470. The number of fused-ring (bicyclic) bond motifs is 2. The number of amides is 2. The highest BCUT2D eigenvalue weighted by atomic mass is 35.5. The molecule has 0 spiro atoms. The zero-order valence-electron chi connectivity index (χ0n) is 18.9. The van der Waals surface area contributed by atoms with Gasteiger partial charge >= 0.3 is 6.09 Å². The Morgan fingerprint density at radius 3 is 2.77 bits per heavy atom. The number of halogens is 1. The van der Waals surface area contributed by atoms with E-state index in [-0.39, 0.29) is 17.7 Å². The number of aromatic nitrogens is 5. The van der Waals surface area contributed by atoms with E-state index in [2.05, 4.69) is 30.6 Å². The number of anilines is 2. The number of benzene rings is 1. The number of aliphatic imine (C=N–C) groups is 1. The van der Waals surface area contributed by atoms with Gasteiger partial charge in [0.05, 0.1) is 28.7 Å². The third kappa shape index (κ3) is 4.85. The van der Waals surface area contributed by atoms with E-state index in [1.54, 1.807) is 61.3 Å². The van der Waals surface area contributed by atoms with Crippen LogP contribution in [-0.2, 0) is 11.3 Å². The summed E-state index contributed by atoms with van der Waals surface area (Å²) < 4.78 is 8.60. The highest BCUT2D eigenvalue weighted by Gasteiger charge is 2.17. The van der Waals surface area contributed by atoms with Gasteiger partial charge in [0.25, 0.3) is 5.91 Å². The normalized spacial score (nSPS) is 12.6. The van der Waals surface area contributed by atoms with Gasteiger partial charge in [0.15, 0.2) is 0 Å². The van der Waals surface area contributed by atoms with E-state index in [1.165, 1.54) is 6.20 Å². The Labute approximate surface area is 204 Å². The van der Waals surface area contributed by atoms with Gasteiger partial charge in [-0.25, -0.2) is 24.7 Å². The van der Waals surface area contributed by atoms with Crippen LogP contribution < -0.4 is 10.6 Å². The molecule has 5 rings (SSSR count). The van der Waals surface area contributed by atoms with Gasteiger partial charge < -0.3 is 14.6 Å². The first-order valence-electron chi connectivity index (χ1n) is 10.9. The smallest absolute Gasteiger partial charge is 0.411 e. The third-order valence-corrected chi connectivity index (χ3v) is 5.42. The van der Waals surface area contributed by atoms with Gasteiger partial charge in [-0.3, -0.25) is 14.5 Å². The summed E-state index contributed by atoms with van der Waals surface area (Å²) in [7, 11) is 0. The van der Waals surface area contributed by atoms with E-state index < -0.39 is 6.09 Å². The molecule has 4 heterocycles. The number of carbonyl (C=O) groups excluding carboxylic acids is 2. The Balaban J connectivity index is 1.37. The molecule has 0 aliphatic carbocycles. The minimum Gasteiger partial charge on any atom is -0.447 e. The number of nitrogens with one attached hydrogen (secondary N) is 2. The molecular formula is C23H21ClN8O3. The van der Waals surface area contributed by atoms with Gasteiger partial charge in [-0.2, -0.15) is 0 Å². The van der Waals surface area contributed by atoms with Gasteiger partial charge in [-0.05, 0) is 32.0 Å². The zero-order chi connectivity index (χ0) is 24.5. The minimum absolute atomic E-state index is 0.242. The van der Waals surface area contributed by atoms with E-state index in [0.29, 0.717) is 39.4 Å². The average Bonchev–Trinajstić information content (AvgIpc) is 3.43. The predicted molar refractivity (Wildman–Crippen MR) is 132 cm³/mol. The number of ether oxygens (including phenoxy) is 1. The van der Waals surface area contributed by atoms with Crippen LogP contribution in [0.4, 0.5) is 22.1 Å². The Hall–Kier alpha value is -4.25. The highest BCUT2D eigenvalue weighted by Crippen LogP contribution is 2.30. The number of aryl methyl sites for hydroxylation is 1. The molecule has 12 heteroatoms. The SMILES string of the molecule is CC(C)OC(=O)Nc1cnc2nc(-c3cc(NC(=O)c4cn5c(n4)N=CCC5)ccc3Cl)cn2c1. The van der Waals surface area contributed by atoms with Crippen molar-refractivity contribution in [3.63, 3.8) is 0 Å². The van der Waals surface area contributed by atoms with Crippen molar-refractivity contribution >= 4 is 52.9 Å². The molecule has 1 aromatic carbocycles. The first-order valence-corrected chi connectivity index (χ1v) is 11.3. The van der Waals surface area contributed by atoms with Crippen LogP contribution in [0.25, 0.3) is 17.0 Å². The molecule has 3 aromatic heterocycles. The largest absolute Gasteiger partial charge is 0.447 e. The first-order chi connectivity index (χ1) is 16.9. The van der Waals surface area contributed by atoms with E-state index in [1.807, 2.05) is 4.57 Å². The molecule has 0 unspecified atom stereocenters. The lowest BCUT2D eigenvalue weighted by molar-refractivity contribution is 0.102. The molecule has 1 aliphatic rings. The summed E-state index contributed by atoms with van der Waals surface area (Å²) in [6.07, 6.45) is 8.36. The number of nitrogens with zero attached hydrogens (tertiary/aromatic N) is 6. The van der Waals surface area contributed by atoms with Crippen molar-refractivity contribution < 1.29 is 14.3 Å². The number of rotatable bonds is 5. The summed E-state index contributed by atoms with van der Waals surface area (Å²) in [5.74, 6) is 0.579. The summed E-state index contributed by atoms with van der Waals surface area (Å²) in [4.78, 5) is 41.9. The molecule has 0 saturated heterocycles. The molecular weight excluding hydrogens is 472 g/mol. The molecule has 2 N–H and O–H groups in total. The van der Waals surface area contributed by atoms with Crippen molar-refractivity contribution in [2.45, 2.75) is 32.9 Å². The summed E-state index contributed by atoms with van der Waals surface area (Å²) >= 11 is 6.44. The van der Waals surface area contributed by atoms with Gasteiger partial charge in [0.1, 0.15) is 5.69 Å². The predicted octanol–water partition coefficient (Wildman–Crippen LogP) is 4.56. The van der Waals surface area contributed by atoms with E-state index in [0.717, 1.165) is 13.0 Å². The zero-order valence-corrected chi connectivity index (χ0v) is 19.7. The molecule has 11 nitrogen and oxygen atoms in total. The summed E-state index contributed by atoms with van der Waals surface area (Å²) in [5.41, 5.74) is 2.42. The minimum atomic E-state index is -0.571. The second-order valence-corrected chi connectivity index (χ2v) is 8.53. The Morgan fingerprint density at radius 2 is 1.97 bits per heavy atom. The lowest BCUT2D eigenvalue weighted by Gasteiger charge is -2.09. The van der Waals surface area contributed by atoms with Crippen molar-refractivity contribution in [1.82, 2.24) is 23.9 Å². The number of imidazole rings is 2. The van der Waals surface area contributed by atoms with Crippen LogP contribution in [0.5, 0.6) is 0 Å². The van der Waals surface area contributed by atoms with Crippen molar-refractivity contribution in [2.24, 2.45) is 4.99 Å². The van der Waals surface area contributed by atoms with Gasteiger partial charge in [-0.1, -0.05) is 11.6 Å². The van der Waals surface area contributed by atoms with Crippen LogP contribution in [0.3, 0.4) is 0 Å². The topological polar surface area (TPSA) is 128 Å². The highest BCUT2D eigenvalue weighted by molar-refractivity contribution is 6.33. The van der Waals surface area contributed by atoms with Crippen LogP contribution in [0.1, 0.15) is 30.8 Å². The van der Waals surface area contributed by atoms with E-state index in [4.69, 9.17) is 16.3 Å². The third-order valence-electron chi connectivity index (χ3n) is 5.09. The number of hydrogen-bond acceptors (Lipinski definition) is 7. The van der Waals surface area contributed by atoms with Crippen LogP contribution in [0.15, 0.2) is 48.0 Å². The second-order valence-electron chi connectivity index (χ2n) is 8.12. The van der Waals surface area contributed by atoms with Crippen LogP contribution in [0.2, 0.25) is 5.02 Å². The van der Waals surface area contributed by atoms with Crippen molar-refractivity contribution in [3.05, 3.63) is 53.7 Å². The molecule has 0 bridgehead atoms. The number of carbonyl (C=O) groups is 2. The van der Waals surface area contributed by atoms with Crippen molar-refractivity contribution in [1.29, 1.82) is 0 Å². The van der Waals surface area contributed by atoms with Gasteiger partial charge in [-0.15, -0.1) is 0 Å². The van der Waals surface area contributed by atoms with Crippen molar-refractivity contribution in [3.8, 4) is 11.3 Å². The fourth-order valence-electron chi connectivity index (χ4n) is 3.56. The summed E-state index contributed by atoms with van der Waals surface area (Å²) in [6, 6.07) is 5.12. The second kappa shape index (κ2) is 9.18. The summed E-state index contributed by atoms with van der Waals surface area (Å²) in [6.45, 7) is 4.27. The standard InChI is InChI=1S/C23H21ClN8O3/c1-13(2)35-23(34)28-15-9-26-22-29-18(11-32(22)10-15)16-8-14(4-5-17(16)24)27-20(33)19-12-31-7-3-6-25-21(31)30-19/h4-6,8-13H,3,7H2,1-2H3,(H,27,33)(H,28,34). The van der Waals surface area contributed by atoms with Crippen molar-refractivity contribution in [2.75, 3.05) is 10.6 Å². The van der Waals surface area contributed by atoms with E-state index >= 15 is 0 Å². The van der Waals surface area contributed by atoms with Crippen LogP contribution in [-0.4, -0.2) is 48.2 Å². The lowest BCUT2D eigenvalue weighted by atomic mass is 10.1. The first kappa shape index (κ1) is 22.5. The monoisotopic (exact) mass is 492 g/mol. The molecule has 35 heavy (non-hydrogen) atoms. The molecule has 0 radical (unpaired) electrons. The van der Waals surface area contributed by atoms with Crippen LogP contribution in [0, 0.1) is 0 Å². The number of hydrogen-bond donors (Lipinski definition) is 2. The van der Waals surface area contributed by atoms with Crippen LogP contribution >= 0.6 is 11.6 Å². The fraction of sp³-hybridized carbons (Fsp3) is 0.217. The maximum absolute atomic E-state index is 12.8. The molecule has 178 valence electrons. The molecule has 4 aromatic rings. The maximum Gasteiger partial charge on any atom is 0.411 e. The molecule has 0 atom stereocenters. The average molecular weight is 493 g/mol. The quantitative estimate of drug-likeness (QED) is 0.420. The van der Waals surface area contributed by atoms with E-state index in [9.17, 15) is 9.59 Å². The molecule has 0 saturated carbocycles. The maximum atomic E-state index is 12.8. The molecule has 1 aliphatic heterocycles. The molecule has 0 fully saturated rings. The van der Waals surface area contributed by atoms with Gasteiger partial charge in [0.2, 0.25) is 11.7 Å².